The lowest BCUT2D eigenvalue weighted by Crippen LogP contribution is -2.23. The van der Waals surface area contributed by atoms with Gasteiger partial charge in [-0.15, -0.1) is 11.3 Å². The van der Waals surface area contributed by atoms with Crippen LogP contribution in [0.5, 0.6) is 0 Å². The van der Waals surface area contributed by atoms with Crippen LogP contribution in [0, 0.1) is 0 Å². The number of hydrogen-bond acceptors (Lipinski definition) is 3. The molecule has 2 nitrogen and oxygen atoms in total. The minimum atomic E-state index is 1.05. The molecule has 0 amide bonds. The van der Waals surface area contributed by atoms with Crippen molar-refractivity contribution in [1.29, 1.82) is 0 Å². The van der Waals surface area contributed by atoms with E-state index in [2.05, 4.69) is 29.1 Å². The Bertz CT molecular complexity index is 184. The zero-order chi connectivity index (χ0) is 8.10. The summed E-state index contributed by atoms with van der Waals surface area (Å²) in [5.74, 6) is 1.12. The predicted molar refractivity (Wildman–Crippen MR) is 50.3 cm³/mol. The van der Waals surface area contributed by atoms with Crippen molar-refractivity contribution in [3.05, 3.63) is 10.9 Å². The number of thiazole rings is 1. The smallest absolute Gasteiger partial charge is 0.139 e. The van der Waals surface area contributed by atoms with E-state index < -0.39 is 0 Å². The van der Waals surface area contributed by atoms with Crippen LogP contribution in [0.25, 0.3) is 0 Å². The molecule has 0 aliphatic rings. The topological polar surface area (TPSA) is 16.1 Å². The summed E-state index contributed by atoms with van der Waals surface area (Å²) in [5, 5.41) is 2.10. The molecule has 0 saturated carbocycles. The number of nitrogens with zero attached hydrogens (tertiary/aromatic N) is 2. The van der Waals surface area contributed by atoms with Gasteiger partial charge in [0.25, 0.3) is 0 Å². The lowest BCUT2D eigenvalue weighted by molar-refractivity contribution is 0.782. The summed E-state index contributed by atoms with van der Waals surface area (Å²) in [7, 11) is 0. The van der Waals surface area contributed by atoms with Gasteiger partial charge < -0.3 is 4.90 Å². The molecule has 0 fully saturated rings. The highest BCUT2D eigenvalue weighted by Gasteiger charge is 2.02. The summed E-state index contributed by atoms with van der Waals surface area (Å²) in [6, 6.07) is 0. The highest BCUT2D eigenvalue weighted by atomic mass is 32.1. The van der Waals surface area contributed by atoms with E-state index >= 15 is 0 Å². The van der Waals surface area contributed by atoms with Gasteiger partial charge in [-0.05, 0) is 13.3 Å². The second-order valence-electron chi connectivity index (χ2n) is 2.43. The second-order valence-corrected chi connectivity index (χ2v) is 3.14. The highest BCUT2D eigenvalue weighted by molar-refractivity contribution is 7.07. The molecule has 0 N–H and O–H groups in total. The molecule has 0 radical (unpaired) electrons. The normalized spacial score (nSPS) is 10.0. The van der Waals surface area contributed by atoms with Crippen LogP contribution in [0.1, 0.15) is 20.3 Å². The van der Waals surface area contributed by atoms with Gasteiger partial charge in [0.15, 0.2) is 0 Å². The molecule has 11 heavy (non-hydrogen) atoms. The van der Waals surface area contributed by atoms with E-state index in [-0.39, 0.29) is 0 Å². The molecule has 0 saturated heterocycles. The minimum absolute atomic E-state index is 1.05. The van der Waals surface area contributed by atoms with Gasteiger partial charge in [0.2, 0.25) is 0 Å². The quantitative estimate of drug-likeness (QED) is 0.689. The van der Waals surface area contributed by atoms with E-state index in [0.29, 0.717) is 0 Å². The van der Waals surface area contributed by atoms with Crippen LogP contribution >= 0.6 is 11.3 Å². The standard InChI is InChI=1S/C8H14N2S/c1-3-5-10(4-2)8-6-11-7-9-8/h6-7H,3-5H2,1-2H3. The third-order valence-electron chi connectivity index (χ3n) is 1.62. The molecule has 0 aliphatic carbocycles. The Morgan fingerprint density at radius 2 is 2.36 bits per heavy atom. The molecule has 1 aromatic rings. The molecule has 1 aromatic heterocycles. The van der Waals surface area contributed by atoms with Crippen LogP contribution in [0.2, 0.25) is 0 Å². The summed E-state index contributed by atoms with van der Waals surface area (Å²) in [6.07, 6.45) is 1.19. The SMILES string of the molecule is CCCN(CC)c1cscn1. The molecule has 62 valence electrons. The van der Waals surface area contributed by atoms with Crippen LogP contribution in [0.15, 0.2) is 10.9 Å². The Balaban J connectivity index is 2.56. The lowest BCUT2D eigenvalue weighted by atomic mass is 10.4. The number of aromatic nitrogens is 1. The Hall–Kier alpha value is -0.570. The van der Waals surface area contributed by atoms with E-state index in [1.807, 2.05) is 5.51 Å². The maximum atomic E-state index is 4.25. The fraction of sp³-hybridized carbons (Fsp3) is 0.625. The van der Waals surface area contributed by atoms with Gasteiger partial charge in [-0.25, -0.2) is 4.98 Å². The van der Waals surface area contributed by atoms with Gasteiger partial charge in [-0.3, -0.25) is 0 Å². The van der Waals surface area contributed by atoms with E-state index in [0.717, 1.165) is 18.9 Å². The van der Waals surface area contributed by atoms with E-state index in [1.165, 1.54) is 6.42 Å². The summed E-state index contributed by atoms with van der Waals surface area (Å²) in [4.78, 5) is 6.54. The van der Waals surface area contributed by atoms with Crippen molar-refractivity contribution < 1.29 is 0 Å². The van der Waals surface area contributed by atoms with E-state index in [9.17, 15) is 0 Å². The first kappa shape index (κ1) is 8.53. The molecule has 0 bridgehead atoms. The largest absolute Gasteiger partial charge is 0.356 e. The first-order valence-corrected chi connectivity index (χ1v) is 4.95. The molecule has 0 unspecified atom stereocenters. The second kappa shape index (κ2) is 4.34. The molecule has 1 rings (SSSR count). The van der Waals surface area contributed by atoms with Crippen molar-refractivity contribution in [1.82, 2.24) is 4.98 Å². The number of anilines is 1. The van der Waals surface area contributed by atoms with Gasteiger partial charge in [0.1, 0.15) is 5.82 Å². The average Bonchev–Trinajstić information content (AvgIpc) is 2.52. The van der Waals surface area contributed by atoms with Gasteiger partial charge in [-0.1, -0.05) is 6.92 Å². The Morgan fingerprint density at radius 3 is 2.82 bits per heavy atom. The summed E-state index contributed by atoms with van der Waals surface area (Å²) < 4.78 is 0. The zero-order valence-corrected chi connectivity index (χ0v) is 7.90. The molecule has 0 spiro atoms. The number of hydrogen-bond donors (Lipinski definition) is 0. The Labute approximate surface area is 71.9 Å². The maximum Gasteiger partial charge on any atom is 0.139 e. The van der Waals surface area contributed by atoms with Crippen molar-refractivity contribution in [3.63, 3.8) is 0 Å². The molecule has 1 heterocycles. The Morgan fingerprint density at radius 1 is 1.55 bits per heavy atom. The maximum absolute atomic E-state index is 4.25. The highest BCUT2D eigenvalue weighted by Crippen LogP contribution is 2.13. The summed E-state index contributed by atoms with van der Waals surface area (Å²) in [5.41, 5.74) is 1.88. The van der Waals surface area contributed by atoms with Crippen molar-refractivity contribution in [3.8, 4) is 0 Å². The Kier molecular flexibility index (Phi) is 3.36. The van der Waals surface area contributed by atoms with Crippen molar-refractivity contribution in [2.45, 2.75) is 20.3 Å². The monoisotopic (exact) mass is 170 g/mol. The van der Waals surface area contributed by atoms with Gasteiger partial charge in [-0.2, -0.15) is 0 Å². The van der Waals surface area contributed by atoms with Crippen molar-refractivity contribution in [2.24, 2.45) is 0 Å². The zero-order valence-electron chi connectivity index (χ0n) is 7.08. The fourth-order valence-electron chi connectivity index (χ4n) is 1.07. The van der Waals surface area contributed by atoms with Gasteiger partial charge in [0, 0.05) is 18.5 Å². The minimum Gasteiger partial charge on any atom is -0.356 e. The van der Waals surface area contributed by atoms with Crippen LogP contribution in [-0.2, 0) is 0 Å². The fourth-order valence-corrected chi connectivity index (χ4v) is 1.63. The van der Waals surface area contributed by atoms with Gasteiger partial charge >= 0.3 is 0 Å². The lowest BCUT2D eigenvalue weighted by Gasteiger charge is -2.18. The van der Waals surface area contributed by atoms with Gasteiger partial charge in [0.05, 0.1) is 5.51 Å². The van der Waals surface area contributed by atoms with Crippen LogP contribution in [0.3, 0.4) is 0 Å². The average molecular weight is 170 g/mol. The van der Waals surface area contributed by atoms with E-state index in [4.69, 9.17) is 0 Å². The summed E-state index contributed by atoms with van der Waals surface area (Å²) in [6.45, 7) is 6.52. The molecule has 0 atom stereocenters. The molecule has 0 aliphatic heterocycles. The molecule has 0 aromatic carbocycles. The summed E-state index contributed by atoms with van der Waals surface area (Å²) >= 11 is 1.66. The predicted octanol–water partition coefficient (Wildman–Crippen LogP) is 2.38. The van der Waals surface area contributed by atoms with Crippen LogP contribution in [0.4, 0.5) is 5.82 Å². The van der Waals surface area contributed by atoms with Crippen molar-refractivity contribution in [2.75, 3.05) is 18.0 Å². The third-order valence-corrected chi connectivity index (χ3v) is 2.19. The molecular formula is C8H14N2S. The molecular weight excluding hydrogens is 156 g/mol. The number of rotatable bonds is 4. The molecule has 3 heteroatoms. The van der Waals surface area contributed by atoms with E-state index in [1.54, 1.807) is 11.3 Å². The first-order chi connectivity index (χ1) is 5.38. The third kappa shape index (κ3) is 2.19. The van der Waals surface area contributed by atoms with Crippen LogP contribution < -0.4 is 4.90 Å². The first-order valence-electron chi connectivity index (χ1n) is 4.01. The van der Waals surface area contributed by atoms with Crippen LogP contribution in [-0.4, -0.2) is 18.1 Å². The van der Waals surface area contributed by atoms with Crippen molar-refractivity contribution >= 4 is 17.2 Å².